The van der Waals surface area contributed by atoms with Gasteiger partial charge in [0, 0.05) is 0 Å². The lowest BCUT2D eigenvalue weighted by atomic mass is 10.0. The molecule has 0 radical (unpaired) electrons. The number of oxime groups is 1. The molecule has 0 spiro atoms. The Morgan fingerprint density at radius 2 is 2.22 bits per heavy atom. The second-order valence-corrected chi connectivity index (χ2v) is 6.30. The highest BCUT2D eigenvalue weighted by Crippen LogP contribution is 2.21. The van der Waals surface area contributed by atoms with E-state index in [-0.39, 0.29) is 18.3 Å². The second kappa shape index (κ2) is 8.83. The first kappa shape index (κ1) is 19.9. The molecule has 0 aliphatic heterocycles. The highest BCUT2D eigenvalue weighted by atomic mass is 16.6. The molecule has 1 amide bonds. The first-order valence-electron chi connectivity index (χ1n) is 8.26. The first-order valence-corrected chi connectivity index (χ1v) is 8.26. The quantitative estimate of drug-likeness (QED) is 0.364. The number of carboxylic acids is 1. The SMILES string of the molecule is CO/N=C/c1cnc(-c2ncn(CC(=O)N[C@@H](CC(C)C)C(=O)O)c2N)[nH]1. The molecule has 2 aromatic rings. The summed E-state index contributed by atoms with van der Waals surface area (Å²) in [7, 11) is 1.43. The minimum Gasteiger partial charge on any atom is -0.480 e. The van der Waals surface area contributed by atoms with E-state index in [0.29, 0.717) is 23.6 Å². The van der Waals surface area contributed by atoms with Gasteiger partial charge in [-0.3, -0.25) is 4.79 Å². The summed E-state index contributed by atoms with van der Waals surface area (Å²) in [5.74, 6) is -0.771. The fourth-order valence-electron chi connectivity index (χ4n) is 2.42. The molecule has 11 heteroatoms. The minimum atomic E-state index is -1.07. The number of hydrogen-bond donors (Lipinski definition) is 4. The number of carboxylic acid groups (broad SMARTS) is 1. The summed E-state index contributed by atoms with van der Waals surface area (Å²) >= 11 is 0. The maximum absolute atomic E-state index is 12.2. The number of nitrogens with one attached hydrogen (secondary N) is 2. The van der Waals surface area contributed by atoms with E-state index >= 15 is 0 Å². The van der Waals surface area contributed by atoms with Crippen molar-refractivity contribution in [1.29, 1.82) is 0 Å². The predicted molar refractivity (Wildman–Crippen MR) is 97.8 cm³/mol. The normalized spacial score (nSPS) is 12.4. The van der Waals surface area contributed by atoms with E-state index in [1.54, 1.807) is 0 Å². The van der Waals surface area contributed by atoms with E-state index in [1.165, 1.54) is 30.4 Å². The summed E-state index contributed by atoms with van der Waals surface area (Å²) in [5.41, 5.74) is 7.02. The van der Waals surface area contributed by atoms with Gasteiger partial charge in [0.15, 0.2) is 5.82 Å². The van der Waals surface area contributed by atoms with Crippen LogP contribution in [0.1, 0.15) is 26.0 Å². The van der Waals surface area contributed by atoms with Crippen LogP contribution in [0.5, 0.6) is 0 Å². The number of imidazole rings is 2. The maximum Gasteiger partial charge on any atom is 0.326 e. The molecule has 0 unspecified atom stereocenters. The topological polar surface area (TPSA) is 161 Å². The van der Waals surface area contributed by atoms with Crippen molar-refractivity contribution in [3.8, 4) is 11.5 Å². The third-order valence-corrected chi connectivity index (χ3v) is 3.65. The highest BCUT2D eigenvalue weighted by Gasteiger charge is 2.22. The van der Waals surface area contributed by atoms with Gasteiger partial charge in [-0.25, -0.2) is 14.8 Å². The molecule has 0 aliphatic rings. The van der Waals surface area contributed by atoms with Crippen molar-refractivity contribution >= 4 is 23.9 Å². The molecular formula is C16H23N7O4. The van der Waals surface area contributed by atoms with Crippen molar-refractivity contribution in [3.05, 3.63) is 18.2 Å². The van der Waals surface area contributed by atoms with Crippen LogP contribution in [0.3, 0.4) is 0 Å². The molecule has 2 rings (SSSR count). The number of aliphatic carboxylic acids is 1. The van der Waals surface area contributed by atoms with Crippen molar-refractivity contribution in [2.45, 2.75) is 32.9 Å². The van der Waals surface area contributed by atoms with Crippen LogP contribution in [0.2, 0.25) is 0 Å². The lowest BCUT2D eigenvalue weighted by Crippen LogP contribution is -2.43. The molecule has 0 bridgehead atoms. The number of amides is 1. The van der Waals surface area contributed by atoms with E-state index in [2.05, 4.69) is 30.3 Å². The largest absolute Gasteiger partial charge is 0.480 e. The van der Waals surface area contributed by atoms with Gasteiger partial charge in [-0.1, -0.05) is 19.0 Å². The highest BCUT2D eigenvalue weighted by molar-refractivity contribution is 5.84. The Bertz CT molecular complexity index is 825. The van der Waals surface area contributed by atoms with Crippen molar-refractivity contribution in [3.63, 3.8) is 0 Å². The number of nitrogens with zero attached hydrogens (tertiary/aromatic N) is 4. The number of anilines is 1. The fraction of sp³-hybridized carbons (Fsp3) is 0.438. The Morgan fingerprint density at radius 3 is 2.85 bits per heavy atom. The first-order chi connectivity index (χ1) is 12.8. The van der Waals surface area contributed by atoms with E-state index in [1.807, 2.05) is 13.8 Å². The van der Waals surface area contributed by atoms with Gasteiger partial charge in [-0.15, -0.1) is 0 Å². The number of H-pyrrole nitrogens is 1. The molecule has 146 valence electrons. The standard InChI is InChI=1S/C16H23N7O4/c1-9(2)4-11(16(25)26)22-12(24)7-23-8-19-13(14(23)17)15-18-5-10(21-15)6-20-27-3/h5-6,8-9,11H,4,7,17H2,1-3H3,(H,18,21)(H,22,24)(H,25,26)/b20-6+/t11-/m0/s1. The molecule has 0 aliphatic carbocycles. The van der Waals surface area contributed by atoms with Crippen LogP contribution >= 0.6 is 0 Å². The summed E-state index contributed by atoms with van der Waals surface area (Å²) in [4.78, 5) is 39.4. The average molecular weight is 377 g/mol. The number of rotatable bonds is 9. The van der Waals surface area contributed by atoms with Gasteiger partial charge in [0.2, 0.25) is 5.91 Å². The molecule has 2 aromatic heterocycles. The second-order valence-electron chi connectivity index (χ2n) is 6.30. The van der Waals surface area contributed by atoms with Crippen LogP contribution < -0.4 is 11.1 Å². The number of hydrogen-bond acceptors (Lipinski definition) is 7. The minimum absolute atomic E-state index is 0.131. The Kier molecular flexibility index (Phi) is 6.52. The lowest BCUT2D eigenvalue weighted by molar-refractivity contribution is -0.142. The monoisotopic (exact) mass is 377 g/mol. The Balaban J connectivity index is 2.08. The maximum atomic E-state index is 12.2. The number of carbonyl (C=O) groups excluding carboxylic acids is 1. The summed E-state index contributed by atoms with van der Waals surface area (Å²) in [6.07, 6.45) is 4.71. The predicted octanol–water partition coefficient (Wildman–Crippen LogP) is 0.451. The van der Waals surface area contributed by atoms with E-state index in [9.17, 15) is 14.7 Å². The number of carbonyl (C=O) groups is 2. The van der Waals surface area contributed by atoms with Crippen LogP contribution in [0.15, 0.2) is 17.7 Å². The molecule has 0 saturated carbocycles. The van der Waals surface area contributed by atoms with E-state index < -0.39 is 17.9 Å². The molecule has 0 saturated heterocycles. The number of aromatic nitrogens is 4. The van der Waals surface area contributed by atoms with Crippen molar-refractivity contribution in [2.24, 2.45) is 11.1 Å². The smallest absolute Gasteiger partial charge is 0.326 e. The van der Waals surface area contributed by atoms with Crippen LogP contribution in [-0.4, -0.2) is 55.9 Å². The van der Waals surface area contributed by atoms with Gasteiger partial charge >= 0.3 is 5.97 Å². The van der Waals surface area contributed by atoms with Crippen LogP contribution in [0.4, 0.5) is 5.82 Å². The Morgan fingerprint density at radius 1 is 1.48 bits per heavy atom. The lowest BCUT2D eigenvalue weighted by Gasteiger charge is -2.16. The van der Waals surface area contributed by atoms with E-state index in [0.717, 1.165) is 0 Å². The van der Waals surface area contributed by atoms with Crippen molar-refractivity contribution < 1.29 is 19.5 Å². The zero-order valence-corrected chi connectivity index (χ0v) is 15.3. The zero-order valence-electron chi connectivity index (χ0n) is 15.3. The molecular weight excluding hydrogens is 354 g/mol. The van der Waals surface area contributed by atoms with Crippen molar-refractivity contribution in [1.82, 2.24) is 24.8 Å². The van der Waals surface area contributed by atoms with Gasteiger partial charge in [-0.2, -0.15) is 0 Å². The average Bonchev–Trinajstić information content (AvgIpc) is 3.19. The third kappa shape index (κ3) is 5.30. The molecule has 0 aromatic carbocycles. The Hall–Kier alpha value is -3.37. The molecule has 1 atom stereocenters. The summed E-state index contributed by atoms with van der Waals surface area (Å²) in [6.45, 7) is 3.62. The number of aromatic amines is 1. The van der Waals surface area contributed by atoms with Crippen LogP contribution in [0.25, 0.3) is 11.5 Å². The van der Waals surface area contributed by atoms with Gasteiger partial charge in [0.25, 0.3) is 0 Å². The summed E-state index contributed by atoms with van der Waals surface area (Å²) in [5, 5.41) is 15.3. The molecule has 5 N–H and O–H groups in total. The van der Waals surface area contributed by atoms with Crippen LogP contribution in [0, 0.1) is 5.92 Å². The third-order valence-electron chi connectivity index (χ3n) is 3.65. The van der Waals surface area contributed by atoms with Crippen molar-refractivity contribution in [2.75, 3.05) is 12.8 Å². The number of nitrogens with two attached hydrogens (primary N) is 1. The molecule has 0 fully saturated rings. The molecule has 27 heavy (non-hydrogen) atoms. The molecule has 11 nitrogen and oxygen atoms in total. The fourth-order valence-corrected chi connectivity index (χ4v) is 2.42. The van der Waals surface area contributed by atoms with Gasteiger partial charge in [-0.05, 0) is 12.3 Å². The van der Waals surface area contributed by atoms with Gasteiger partial charge in [0.05, 0.1) is 24.4 Å². The number of nitrogen functional groups attached to an aromatic ring is 1. The Labute approximate surface area is 155 Å². The summed E-state index contributed by atoms with van der Waals surface area (Å²) < 4.78 is 1.42. The molecule has 2 heterocycles. The zero-order chi connectivity index (χ0) is 20.0. The van der Waals surface area contributed by atoms with E-state index in [4.69, 9.17) is 5.73 Å². The van der Waals surface area contributed by atoms with Gasteiger partial charge in [0.1, 0.15) is 31.2 Å². The summed E-state index contributed by atoms with van der Waals surface area (Å²) in [6, 6.07) is -0.950. The van der Waals surface area contributed by atoms with Gasteiger partial charge < -0.3 is 30.5 Å². The van der Waals surface area contributed by atoms with Crippen LogP contribution in [-0.2, 0) is 21.0 Å².